The molecule has 1 aromatic heterocycles. The Kier molecular flexibility index (Phi) is 7.02. The van der Waals surface area contributed by atoms with Crippen LogP contribution in [0.15, 0.2) is 54.9 Å². The van der Waals surface area contributed by atoms with Crippen LogP contribution in [-0.2, 0) is 19.1 Å². The number of rotatable bonds is 8. The number of esters is 2. The minimum Gasteiger partial charge on any atom is -0.465 e. The normalized spacial score (nSPS) is 12.7. The Morgan fingerprint density at radius 3 is 2.04 bits per heavy atom. The van der Waals surface area contributed by atoms with Crippen LogP contribution in [-0.4, -0.2) is 35.9 Å². The summed E-state index contributed by atoms with van der Waals surface area (Å²) >= 11 is 0. The Labute approximate surface area is 152 Å². The summed E-state index contributed by atoms with van der Waals surface area (Å²) in [6, 6.07) is 11.6. The van der Waals surface area contributed by atoms with E-state index in [4.69, 9.17) is 9.47 Å². The van der Waals surface area contributed by atoms with Gasteiger partial charge >= 0.3 is 11.9 Å². The van der Waals surface area contributed by atoms with Gasteiger partial charge in [0, 0.05) is 18.0 Å². The fourth-order valence-corrected chi connectivity index (χ4v) is 2.68. The number of carbonyl (C=O) groups is 3. The number of benzene rings is 1. The standard InChI is InChI=1S/C20H21NO5/c1-3-25-19(23)16(14-8-6-5-7-9-14)17(20(24)26-4-2)18(22)15-10-12-21-13-11-15/h5-13,16-17H,3-4H2,1-2H3/t16-,17-/m1/s1. The first-order valence-electron chi connectivity index (χ1n) is 8.42. The highest BCUT2D eigenvalue weighted by molar-refractivity contribution is 6.11. The lowest BCUT2D eigenvalue weighted by Gasteiger charge is -2.23. The number of pyridine rings is 1. The smallest absolute Gasteiger partial charge is 0.318 e. The van der Waals surface area contributed by atoms with Gasteiger partial charge < -0.3 is 9.47 Å². The second-order valence-electron chi connectivity index (χ2n) is 5.47. The number of hydrogen-bond donors (Lipinski definition) is 0. The van der Waals surface area contributed by atoms with E-state index in [0.717, 1.165) is 0 Å². The third kappa shape index (κ3) is 4.53. The van der Waals surface area contributed by atoms with Crippen molar-refractivity contribution in [1.29, 1.82) is 0 Å². The van der Waals surface area contributed by atoms with Gasteiger partial charge in [-0.25, -0.2) is 0 Å². The molecule has 1 heterocycles. The molecular formula is C20H21NO5. The first kappa shape index (κ1) is 19.3. The Balaban J connectivity index is 2.52. The van der Waals surface area contributed by atoms with Crippen LogP contribution in [0.2, 0.25) is 0 Å². The van der Waals surface area contributed by atoms with Crippen LogP contribution >= 0.6 is 0 Å². The Morgan fingerprint density at radius 1 is 0.885 bits per heavy atom. The molecule has 2 aromatic rings. The molecule has 0 aliphatic heterocycles. The van der Waals surface area contributed by atoms with Crippen molar-refractivity contribution in [1.82, 2.24) is 4.98 Å². The van der Waals surface area contributed by atoms with Crippen molar-refractivity contribution in [2.45, 2.75) is 19.8 Å². The van der Waals surface area contributed by atoms with Crippen LogP contribution in [0.25, 0.3) is 0 Å². The van der Waals surface area contributed by atoms with Crippen molar-refractivity contribution in [3.63, 3.8) is 0 Å². The average molecular weight is 355 g/mol. The highest BCUT2D eigenvalue weighted by atomic mass is 16.5. The minimum atomic E-state index is -1.33. The second-order valence-corrected chi connectivity index (χ2v) is 5.47. The van der Waals surface area contributed by atoms with Crippen LogP contribution < -0.4 is 0 Å². The zero-order valence-corrected chi connectivity index (χ0v) is 14.8. The summed E-state index contributed by atoms with van der Waals surface area (Å²) in [5.41, 5.74) is 0.801. The van der Waals surface area contributed by atoms with Crippen LogP contribution in [0.4, 0.5) is 0 Å². The predicted molar refractivity (Wildman–Crippen MR) is 94.5 cm³/mol. The van der Waals surface area contributed by atoms with Gasteiger partial charge in [0.2, 0.25) is 0 Å². The quantitative estimate of drug-likeness (QED) is 0.411. The maximum absolute atomic E-state index is 13.0. The molecule has 0 radical (unpaired) electrons. The van der Waals surface area contributed by atoms with Gasteiger partial charge in [-0.15, -0.1) is 0 Å². The molecule has 1 aromatic carbocycles. The summed E-state index contributed by atoms with van der Waals surface area (Å²) < 4.78 is 10.2. The highest BCUT2D eigenvalue weighted by Gasteiger charge is 2.42. The van der Waals surface area contributed by atoms with E-state index in [0.29, 0.717) is 5.56 Å². The lowest BCUT2D eigenvalue weighted by Crippen LogP contribution is -2.36. The molecule has 0 saturated carbocycles. The van der Waals surface area contributed by atoms with Gasteiger partial charge in [0.25, 0.3) is 0 Å². The molecule has 0 N–H and O–H groups in total. The zero-order valence-electron chi connectivity index (χ0n) is 14.8. The van der Waals surface area contributed by atoms with Crippen molar-refractivity contribution in [3.05, 3.63) is 66.0 Å². The molecule has 2 rings (SSSR count). The van der Waals surface area contributed by atoms with Gasteiger partial charge in [0.15, 0.2) is 5.78 Å². The van der Waals surface area contributed by atoms with Gasteiger partial charge in [-0.1, -0.05) is 30.3 Å². The van der Waals surface area contributed by atoms with Crippen molar-refractivity contribution in [3.8, 4) is 0 Å². The summed E-state index contributed by atoms with van der Waals surface area (Å²) in [4.78, 5) is 42.2. The highest BCUT2D eigenvalue weighted by Crippen LogP contribution is 2.30. The van der Waals surface area contributed by atoms with Crippen molar-refractivity contribution in [2.24, 2.45) is 5.92 Å². The van der Waals surface area contributed by atoms with E-state index in [1.54, 1.807) is 44.2 Å². The van der Waals surface area contributed by atoms with Gasteiger partial charge in [0.05, 0.1) is 13.2 Å². The topological polar surface area (TPSA) is 82.6 Å². The molecular weight excluding hydrogens is 334 g/mol. The molecule has 0 aliphatic carbocycles. The van der Waals surface area contributed by atoms with Gasteiger partial charge in [-0.3, -0.25) is 19.4 Å². The van der Waals surface area contributed by atoms with Crippen molar-refractivity contribution >= 4 is 17.7 Å². The van der Waals surface area contributed by atoms with Crippen LogP contribution in [0.3, 0.4) is 0 Å². The Hall–Kier alpha value is -3.02. The van der Waals surface area contributed by atoms with E-state index in [9.17, 15) is 14.4 Å². The average Bonchev–Trinajstić information content (AvgIpc) is 2.67. The molecule has 0 bridgehead atoms. The first-order valence-corrected chi connectivity index (χ1v) is 8.42. The van der Waals surface area contributed by atoms with E-state index in [1.165, 1.54) is 24.5 Å². The second kappa shape index (κ2) is 9.46. The lowest BCUT2D eigenvalue weighted by atomic mass is 9.81. The largest absolute Gasteiger partial charge is 0.465 e. The van der Waals surface area contributed by atoms with E-state index >= 15 is 0 Å². The van der Waals surface area contributed by atoms with E-state index in [-0.39, 0.29) is 18.8 Å². The molecule has 0 amide bonds. The molecule has 0 unspecified atom stereocenters. The SMILES string of the molecule is CCOC(=O)[C@@H](C(=O)c1ccncc1)[C@H](C(=O)OCC)c1ccccc1. The monoisotopic (exact) mass is 355 g/mol. The van der Waals surface area contributed by atoms with E-state index < -0.39 is 29.6 Å². The van der Waals surface area contributed by atoms with E-state index in [1.807, 2.05) is 0 Å². The predicted octanol–water partition coefficient (Wildman–Crippen LogP) is 2.79. The van der Waals surface area contributed by atoms with Gasteiger partial charge in [-0.2, -0.15) is 0 Å². The summed E-state index contributed by atoms with van der Waals surface area (Å²) in [5.74, 6) is -4.32. The van der Waals surface area contributed by atoms with Gasteiger partial charge in [0.1, 0.15) is 11.8 Å². The molecule has 136 valence electrons. The number of carbonyl (C=O) groups excluding carboxylic acids is 3. The van der Waals surface area contributed by atoms with Gasteiger partial charge in [-0.05, 0) is 31.5 Å². The minimum absolute atomic E-state index is 0.100. The molecule has 6 nitrogen and oxygen atoms in total. The van der Waals surface area contributed by atoms with E-state index in [2.05, 4.69) is 4.98 Å². The van der Waals surface area contributed by atoms with Crippen molar-refractivity contribution < 1.29 is 23.9 Å². The number of Topliss-reactive ketones (excluding diaryl/α,β-unsaturated/α-hetero) is 1. The molecule has 2 atom stereocenters. The summed E-state index contributed by atoms with van der Waals surface area (Å²) in [7, 11) is 0. The number of hydrogen-bond acceptors (Lipinski definition) is 6. The summed E-state index contributed by atoms with van der Waals surface area (Å²) in [6.45, 7) is 3.56. The molecule has 0 spiro atoms. The number of aromatic nitrogens is 1. The number of ketones is 1. The Bertz CT molecular complexity index is 745. The number of nitrogens with zero attached hydrogens (tertiary/aromatic N) is 1. The molecule has 26 heavy (non-hydrogen) atoms. The maximum Gasteiger partial charge on any atom is 0.318 e. The zero-order chi connectivity index (χ0) is 18.9. The maximum atomic E-state index is 13.0. The van der Waals surface area contributed by atoms with Crippen LogP contribution in [0.5, 0.6) is 0 Å². The third-order valence-corrected chi connectivity index (χ3v) is 3.82. The van der Waals surface area contributed by atoms with Crippen LogP contribution in [0.1, 0.15) is 35.7 Å². The summed E-state index contributed by atoms with van der Waals surface area (Å²) in [6.07, 6.45) is 2.91. The summed E-state index contributed by atoms with van der Waals surface area (Å²) in [5, 5.41) is 0. The van der Waals surface area contributed by atoms with Crippen LogP contribution in [0, 0.1) is 5.92 Å². The molecule has 0 saturated heterocycles. The molecule has 6 heteroatoms. The molecule has 0 aliphatic rings. The third-order valence-electron chi connectivity index (χ3n) is 3.82. The van der Waals surface area contributed by atoms with Crippen molar-refractivity contribution in [2.75, 3.05) is 13.2 Å². The Morgan fingerprint density at radius 2 is 1.46 bits per heavy atom. The number of ether oxygens (including phenoxy) is 2. The first-order chi connectivity index (χ1) is 12.6. The lowest BCUT2D eigenvalue weighted by molar-refractivity contribution is -0.155. The fourth-order valence-electron chi connectivity index (χ4n) is 2.68. The fraction of sp³-hybridized carbons (Fsp3) is 0.300. The molecule has 0 fully saturated rings.